The Kier molecular flexibility index (Phi) is 4.76. The molecular formula is C12H11NaS. The number of benzene rings is 2. The molecule has 0 amide bonds. The fraction of sp³-hybridized carbons (Fsp3) is 0. The van der Waals surface area contributed by atoms with Gasteiger partial charge in [0, 0.05) is 4.90 Å². The minimum atomic E-state index is 0. The summed E-state index contributed by atoms with van der Waals surface area (Å²) in [7, 11) is 0. The second-order valence-corrected chi connectivity index (χ2v) is 3.43. The molecule has 0 spiro atoms. The second kappa shape index (κ2) is 5.62. The van der Waals surface area contributed by atoms with Gasteiger partial charge in [0.15, 0.2) is 0 Å². The van der Waals surface area contributed by atoms with Gasteiger partial charge in [-0.1, -0.05) is 42.5 Å². The molecule has 14 heavy (non-hydrogen) atoms. The van der Waals surface area contributed by atoms with Crippen LogP contribution in [0.5, 0.6) is 0 Å². The third-order valence-corrected chi connectivity index (χ3v) is 2.27. The first-order valence-electron chi connectivity index (χ1n) is 4.21. The summed E-state index contributed by atoms with van der Waals surface area (Å²) in [4.78, 5) is 1.000. The number of hydrogen-bond acceptors (Lipinski definition) is 1. The topological polar surface area (TPSA) is 0 Å². The third-order valence-electron chi connectivity index (χ3n) is 1.97. The molecule has 0 aliphatic heterocycles. The van der Waals surface area contributed by atoms with Gasteiger partial charge in [0.05, 0.1) is 0 Å². The van der Waals surface area contributed by atoms with E-state index in [-0.39, 0.29) is 31.0 Å². The maximum atomic E-state index is 4.24. The minimum Gasteiger partial charge on any atom is -1.00 e. The van der Waals surface area contributed by atoms with Crippen molar-refractivity contribution in [1.29, 1.82) is 0 Å². The van der Waals surface area contributed by atoms with E-state index in [2.05, 4.69) is 36.9 Å². The van der Waals surface area contributed by atoms with Crippen LogP contribution >= 0.6 is 12.6 Å². The van der Waals surface area contributed by atoms with E-state index >= 15 is 0 Å². The van der Waals surface area contributed by atoms with E-state index in [1.54, 1.807) is 0 Å². The van der Waals surface area contributed by atoms with Crippen LogP contribution in [0.1, 0.15) is 1.43 Å². The Morgan fingerprint density at radius 2 is 1.21 bits per heavy atom. The Labute approximate surface area is 114 Å². The molecule has 0 radical (unpaired) electrons. The van der Waals surface area contributed by atoms with Crippen LogP contribution in [0, 0.1) is 0 Å². The van der Waals surface area contributed by atoms with Crippen molar-refractivity contribution in [3.63, 3.8) is 0 Å². The quantitative estimate of drug-likeness (QED) is 0.521. The molecule has 0 aliphatic rings. The summed E-state index contributed by atoms with van der Waals surface area (Å²) >= 11 is 4.24. The van der Waals surface area contributed by atoms with Crippen LogP contribution in [0.3, 0.4) is 0 Å². The molecule has 2 aromatic rings. The molecule has 0 nitrogen and oxygen atoms in total. The fourth-order valence-electron chi connectivity index (χ4n) is 1.28. The number of hydrogen-bond donors (Lipinski definition) is 1. The molecule has 0 unspecified atom stereocenters. The van der Waals surface area contributed by atoms with Gasteiger partial charge in [0.2, 0.25) is 0 Å². The van der Waals surface area contributed by atoms with Crippen LogP contribution in [0.25, 0.3) is 11.1 Å². The van der Waals surface area contributed by atoms with E-state index in [1.807, 2.05) is 30.3 Å². The van der Waals surface area contributed by atoms with Gasteiger partial charge >= 0.3 is 29.6 Å². The second-order valence-electron chi connectivity index (χ2n) is 2.91. The smallest absolute Gasteiger partial charge is 1.00 e. The Morgan fingerprint density at radius 3 is 1.79 bits per heavy atom. The molecule has 2 rings (SSSR count). The zero-order valence-corrected chi connectivity index (χ0v) is 11.0. The summed E-state index contributed by atoms with van der Waals surface area (Å²) in [6.07, 6.45) is 0. The maximum absolute atomic E-state index is 4.24. The first kappa shape index (κ1) is 11.9. The van der Waals surface area contributed by atoms with E-state index in [1.165, 1.54) is 11.1 Å². The van der Waals surface area contributed by atoms with Crippen LogP contribution in [-0.2, 0) is 0 Å². The van der Waals surface area contributed by atoms with E-state index in [0.29, 0.717) is 0 Å². The average Bonchev–Trinajstić information content (AvgIpc) is 2.20. The van der Waals surface area contributed by atoms with E-state index < -0.39 is 0 Å². The van der Waals surface area contributed by atoms with Gasteiger partial charge in [-0.05, 0) is 23.3 Å². The molecule has 0 saturated carbocycles. The molecule has 0 aromatic heterocycles. The van der Waals surface area contributed by atoms with Crippen LogP contribution in [-0.4, -0.2) is 0 Å². The summed E-state index contributed by atoms with van der Waals surface area (Å²) in [6.45, 7) is 0. The monoisotopic (exact) mass is 210 g/mol. The van der Waals surface area contributed by atoms with Gasteiger partial charge < -0.3 is 1.43 Å². The normalized spacial score (nSPS) is 9.21. The van der Waals surface area contributed by atoms with Crippen molar-refractivity contribution >= 4 is 12.6 Å². The zero-order chi connectivity index (χ0) is 9.10. The first-order chi connectivity index (χ1) is 6.36. The number of rotatable bonds is 1. The Morgan fingerprint density at radius 1 is 0.714 bits per heavy atom. The van der Waals surface area contributed by atoms with Crippen molar-refractivity contribution < 1.29 is 31.0 Å². The van der Waals surface area contributed by atoms with Gasteiger partial charge in [-0.15, -0.1) is 12.6 Å². The summed E-state index contributed by atoms with van der Waals surface area (Å²) in [5.41, 5.74) is 2.48. The van der Waals surface area contributed by atoms with Gasteiger partial charge in [0.25, 0.3) is 0 Å². The molecular weight excluding hydrogens is 199 g/mol. The fourth-order valence-corrected chi connectivity index (χ4v) is 1.43. The molecule has 0 aliphatic carbocycles. The van der Waals surface area contributed by atoms with Crippen LogP contribution in [0.2, 0.25) is 0 Å². The molecule has 0 bridgehead atoms. The molecule has 2 heteroatoms. The molecule has 0 heterocycles. The summed E-state index contributed by atoms with van der Waals surface area (Å²) < 4.78 is 0. The molecule has 0 fully saturated rings. The molecule has 0 saturated heterocycles. The van der Waals surface area contributed by atoms with Crippen molar-refractivity contribution in [3.05, 3.63) is 54.6 Å². The standard InChI is InChI=1S/C12H10S.Na.H/c13-12-8-6-11(7-9-12)10-4-2-1-3-5-10;;/h1-9,13H;;/q;+1;-1. The van der Waals surface area contributed by atoms with Gasteiger partial charge in [0.1, 0.15) is 0 Å². The Balaban J connectivity index is 0.000000980. The molecule has 66 valence electrons. The summed E-state index contributed by atoms with van der Waals surface area (Å²) in [5.74, 6) is 0. The predicted octanol–water partition coefficient (Wildman–Crippen LogP) is 0.759. The van der Waals surface area contributed by atoms with Crippen LogP contribution in [0.4, 0.5) is 0 Å². The minimum absolute atomic E-state index is 0. The van der Waals surface area contributed by atoms with Crippen molar-refractivity contribution in [2.45, 2.75) is 4.90 Å². The number of thiol groups is 1. The first-order valence-corrected chi connectivity index (χ1v) is 4.65. The van der Waals surface area contributed by atoms with Crippen molar-refractivity contribution in [1.82, 2.24) is 0 Å². The largest absolute Gasteiger partial charge is 1.00 e. The van der Waals surface area contributed by atoms with Crippen molar-refractivity contribution in [2.24, 2.45) is 0 Å². The maximum Gasteiger partial charge on any atom is 1.00 e. The van der Waals surface area contributed by atoms with Gasteiger partial charge in [-0.3, -0.25) is 0 Å². The van der Waals surface area contributed by atoms with E-state index in [0.717, 1.165) is 4.90 Å². The van der Waals surface area contributed by atoms with Gasteiger partial charge in [-0.2, -0.15) is 0 Å². The Hall–Kier alpha value is -0.210. The average molecular weight is 210 g/mol. The summed E-state index contributed by atoms with van der Waals surface area (Å²) in [6, 6.07) is 18.5. The van der Waals surface area contributed by atoms with Crippen molar-refractivity contribution in [2.75, 3.05) is 0 Å². The van der Waals surface area contributed by atoms with Crippen LogP contribution in [0.15, 0.2) is 59.5 Å². The zero-order valence-electron chi connectivity index (χ0n) is 9.14. The third kappa shape index (κ3) is 2.89. The molecule has 2 aromatic carbocycles. The van der Waals surface area contributed by atoms with Crippen molar-refractivity contribution in [3.8, 4) is 11.1 Å². The van der Waals surface area contributed by atoms with Crippen LogP contribution < -0.4 is 29.6 Å². The van der Waals surface area contributed by atoms with Gasteiger partial charge in [-0.25, -0.2) is 0 Å². The molecule has 0 atom stereocenters. The van der Waals surface area contributed by atoms with E-state index in [4.69, 9.17) is 0 Å². The Bertz CT molecular complexity index is 386. The van der Waals surface area contributed by atoms with E-state index in [9.17, 15) is 0 Å². The predicted molar refractivity (Wildman–Crippen MR) is 60.2 cm³/mol. The summed E-state index contributed by atoms with van der Waals surface area (Å²) in [5, 5.41) is 0. The SMILES string of the molecule is Sc1ccc(-c2ccccc2)cc1.[H-].[Na+]. The molecule has 0 N–H and O–H groups in total.